The number of benzene rings is 1. The highest BCUT2D eigenvalue weighted by Gasteiger charge is 2.24. The van der Waals surface area contributed by atoms with Crippen molar-refractivity contribution in [2.24, 2.45) is 0 Å². The molecule has 0 radical (unpaired) electrons. The largest absolute Gasteiger partial charge is 0.351 e. The van der Waals surface area contributed by atoms with Crippen molar-refractivity contribution in [1.29, 1.82) is 0 Å². The number of nitrogens with one attached hydrogen (secondary N) is 1. The van der Waals surface area contributed by atoms with E-state index in [1.54, 1.807) is 0 Å². The summed E-state index contributed by atoms with van der Waals surface area (Å²) in [5, 5.41) is 5.43. The third kappa shape index (κ3) is 3.88. The molecule has 1 fully saturated rings. The molecule has 4 nitrogen and oxygen atoms in total. The molecular weight excluding hydrogens is 390 g/mol. The lowest BCUT2D eigenvalue weighted by atomic mass is 9.97. The van der Waals surface area contributed by atoms with E-state index in [9.17, 15) is 4.79 Å². The molecule has 0 spiro atoms. The number of para-hydroxylation sites is 1. The molecule has 1 aromatic carbocycles. The highest BCUT2D eigenvalue weighted by Crippen LogP contribution is 2.35. The van der Waals surface area contributed by atoms with Crippen molar-refractivity contribution < 1.29 is 4.79 Å². The van der Waals surface area contributed by atoms with Crippen molar-refractivity contribution in [2.45, 2.75) is 51.6 Å². The molecule has 28 heavy (non-hydrogen) atoms. The molecule has 0 saturated carbocycles. The van der Waals surface area contributed by atoms with Crippen LogP contribution in [0.25, 0.3) is 21.0 Å². The molecule has 3 heterocycles. The predicted molar refractivity (Wildman–Crippen MR) is 119 cm³/mol. The number of aromatic nitrogens is 1. The summed E-state index contributed by atoms with van der Waals surface area (Å²) >= 11 is 7.84. The van der Waals surface area contributed by atoms with Crippen LogP contribution in [0.2, 0.25) is 5.15 Å². The molecule has 2 atom stereocenters. The molecule has 0 aliphatic carbocycles. The summed E-state index contributed by atoms with van der Waals surface area (Å²) in [4.78, 5) is 20.4. The number of likely N-dealkylation sites (tertiary alicyclic amines) is 1. The maximum absolute atomic E-state index is 12.7. The summed E-state index contributed by atoms with van der Waals surface area (Å²) in [5.74, 6) is -0.0268. The molecule has 1 saturated heterocycles. The van der Waals surface area contributed by atoms with Crippen LogP contribution in [0.15, 0.2) is 30.3 Å². The van der Waals surface area contributed by atoms with E-state index in [1.807, 2.05) is 30.3 Å². The lowest BCUT2D eigenvalue weighted by Crippen LogP contribution is -2.44. The lowest BCUT2D eigenvalue weighted by Gasteiger charge is -2.39. The number of nitrogens with zero attached hydrogens (tertiary/aromatic N) is 2. The number of thiophene rings is 1. The fourth-order valence-electron chi connectivity index (χ4n) is 4.25. The molecule has 1 N–H and O–H groups in total. The molecule has 1 aliphatic rings. The topological polar surface area (TPSA) is 45.2 Å². The predicted octanol–water partition coefficient (Wildman–Crippen LogP) is 5.49. The molecule has 4 rings (SSSR count). The number of halogens is 1. The molecule has 3 aromatic rings. The van der Waals surface area contributed by atoms with Crippen LogP contribution < -0.4 is 5.32 Å². The molecule has 0 unspecified atom stereocenters. The smallest absolute Gasteiger partial charge is 0.261 e. The van der Waals surface area contributed by atoms with Crippen LogP contribution in [0.4, 0.5) is 0 Å². The van der Waals surface area contributed by atoms with Gasteiger partial charge in [0.1, 0.15) is 5.15 Å². The Morgan fingerprint density at radius 2 is 2.00 bits per heavy atom. The quantitative estimate of drug-likeness (QED) is 0.443. The number of amides is 1. The van der Waals surface area contributed by atoms with Gasteiger partial charge in [0, 0.05) is 40.6 Å². The van der Waals surface area contributed by atoms with Gasteiger partial charge < -0.3 is 5.32 Å². The molecule has 6 heteroatoms. The summed E-state index contributed by atoms with van der Waals surface area (Å²) < 4.78 is 1.02. The minimum Gasteiger partial charge on any atom is -0.351 e. The normalized spacial score (nSPS) is 20.7. The molecular formula is C22H26ClN3OS. The van der Waals surface area contributed by atoms with E-state index < -0.39 is 0 Å². The van der Waals surface area contributed by atoms with E-state index in [0.29, 0.717) is 28.7 Å². The van der Waals surface area contributed by atoms with Crippen LogP contribution in [0.5, 0.6) is 0 Å². The van der Waals surface area contributed by atoms with E-state index in [2.05, 4.69) is 29.0 Å². The lowest BCUT2D eigenvalue weighted by molar-refractivity contribution is 0.0929. The number of piperidine rings is 1. The summed E-state index contributed by atoms with van der Waals surface area (Å²) in [5.41, 5.74) is 0.860. The third-order valence-corrected chi connectivity index (χ3v) is 7.26. The zero-order valence-corrected chi connectivity index (χ0v) is 17.9. The monoisotopic (exact) mass is 415 g/mol. The Morgan fingerprint density at radius 3 is 2.79 bits per heavy atom. The van der Waals surface area contributed by atoms with Gasteiger partial charge in [-0.2, -0.15) is 0 Å². The summed E-state index contributed by atoms with van der Waals surface area (Å²) in [6.45, 7) is 6.35. The Balaban J connectivity index is 1.42. The van der Waals surface area contributed by atoms with Gasteiger partial charge >= 0.3 is 0 Å². The average Bonchev–Trinajstić information content (AvgIpc) is 3.13. The Morgan fingerprint density at radius 1 is 1.25 bits per heavy atom. The first-order chi connectivity index (χ1) is 13.5. The first kappa shape index (κ1) is 19.6. The number of carbonyl (C=O) groups excluding carboxylic acids is 1. The van der Waals surface area contributed by atoms with E-state index in [0.717, 1.165) is 34.0 Å². The molecule has 2 aromatic heterocycles. The van der Waals surface area contributed by atoms with Crippen LogP contribution in [0.1, 0.15) is 49.2 Å². The van der Waals surface area contributed by atoms with Crippen molar-refractivity contribution in [3.63, 3.8) is 0 Å². The highest BCUT2D eigenvalue weighted by molar-refractivity contribution is 7.21. The minimum absolute atomic E-state index is 0.0268. The number of rotatable bonds is 5. The standard InChI is InChI=1S/C22H26ClN3OS/c1-14-7-5-8-15(2)26(14)12-6-11-24-22(27)19-13-17-20(28-19)16-9-3-4-10-18(16)25-21(17)23/h3-4,9-10,13-15H,5-8,11-12H2,1-2H3,(H,24,27)/t14-,15-/m1/s1. The minimum atomic E-state index is -0.0268. The Hall–Kier alpha value is -1.69. The van der Waals surface area contributed by atoms with Crippen LogP contribution in [0.3, 0.4) is 0 Å². The van der Waals surface area contributed by atoms with Gasteiger partial charge in [0.15, 0.2) is 0 Å². The van der Waals surface area contributed by atoms with Gasteiger partial charge in [-0.1, -0.05) is 36.2 Å². The van der Waals surface area contributed by atoms with Crippen molar-refractivity contribution in [2.75, 3.05) is 13.1 Å². The van der Waals surface area contributed by atoms with E-state index in [4.69, 9.17) is 11.6 Å². The summed E-state index contributed by atoms with van der Waals surface area (Å²) in [7, 11) is 0. The number of fused-ring (bicyclic) bond motifs is 3. The van der Waals surface area contributed by atoms with Crippen molar-refractivity contribution in [3.05, 3.63) is 40.4 Å². The highest BCUT2D eigenvalue weighted by atomic mass is 35.5. The zero-order chi connectivity index (χ0) is 19.7. The molecule has 1 amide bonds. The Kier molecular flexibility index (Phi) is 5.85. The van der Waals surface area contributed by atoms with Crippen molar-refractivity contribution >= 4 is 49.8 Å². The Bertz CT molecular complexity index is 992. The van der Waals surface area contributed by atoms with E-state index in [1.165, 1.54) is 30.6 Å². The van der Waals surface area contributed by atoms with Gasteiger partial charge in [0.25, 0.3) is 5.91 Å². The summed E-state index contributed by atoms with van der Waals surface area (Å²) in [6.07, 6.45) is 4.85. The van der Waals surface area contributed by atoms with Gasteiger partial charge in [0.2, 0.25) is 0 Å². The number of hydrogen-bond donors (Lipinski definition) is 1. The van der Waals surface area contributed by atoms with Gasteiger partial charge in [-0.15, -0.1) is 11.3 Å². The van der Waals surface area contributed by atoms with Crippen LogP contribution >= 0.6 is 22.9 Å². The average molecular weight is 416 g/mol. The second kappa shape index (κ2) is 8.36. The van der Waals surface area contributed by atoms with E-state index in [-0.39, 0.29) is 5.91 Å². The molecule has 0 bridgehead atoms. The molecule has 1 aliphatic heterocycles. The first-order valence-electron chi connectivity index (χ1n) is 10.1. The van der Waals surface area contributed by atoms with Gasteiger partial charge in [0.05, 0.1) is 10.4 Å². The maximum Gasteiger partial charge on any atom is 0.261 e. The van der Waals surface area contributed by atoms with Gasteiger partial charge in [-0.05, 0) is 45.2 Å². The van der Waals surface area contributed by atoms with Gasteiger partial charge in [-0.3, -0.25) is 9.69 Å². The fourth-order valence-corrected chi connectivity index (χ4v) is 5.66. The maximum atomic E-state index is 12.7. The molecule has 148 valence electrons. The number of pyridine rings is 1. The van der Waals surface area contributed by atoms with Crippen LogP contribution in [0, 0.1) is 0 Å². The second-order valence-electron chi connectivity index (χ2n) is 7.75. The summed E-state index contributed by atoms with van der Waals surface area (Å²) in [6, 6.07) is 11.1. The van der Waals surface area contributed by atoms with Crippen molar-refractivity contribution in [3.8, 4) is 0 Å². The number of carbonyl (C=O) groups is 1. The third-order valence-electron chi connectivity index (χ3n) is 5.80. The second-order valence-corrected chi connectivity index (χ2v) is 9.16. The van der Waals surface area contributed by atoms with Crippen LogP contribution in [-0.2, 0) is 0 Å². The van der Waals surface area contributed by atoms with E-state index >= 15 is 0 Å². The van der Waals surface area contributed by atoms with Crippen molar-refractivity contribution in [1.82, 2.24) is 15.2 Å². The van der Waals surface area contributed by atoms with Crippen LogP contribution in [-0.4, -0.2) is 41.0 Å². The zero-order valence-electron chi connectivity index (χ0n) is 16.4. The Labute approximate surface area is 174 Å². The first-order valence-corrected chi connectivity index (χ1v) is 11.3. The number of hydrogen-bond acceptors (Lipinski definition) is 4. The SMILES string of the molecule is C[C@@H]1CCC[C@@H](C)N1CCCNC(=O)c1cc2c(Cl)nc3ccccc3c2s1. The fraction of sp³-hybridized carbons (Fsp3) is 0.455. The van der Waals surface area contributed by atoms with Gasteiger partial charge in [-0.25, -0.2) is 4.98 Å².